The van der Waals surface area contributed by atoms with Crippen LogP contribution in [0.15, 0.2) is 48.5 Å². The lowest BCUT2D eigenvalue weighted by atomic mass is 9.98. The normalized spacial score (nSPS) is 11.4. The minimum absolute atomic E-state index is 0.555. The van der Waals surface area contributed by atoms with Gasteiger partial charge < -0.3 is 0 Å². The van der Waals surface area contributed by atoms with Crippen LogP contribution in [0.25, 0.3) is 11.4 Å². The van der Waals surface area contributed by atoms with Gasteiger partial charge >= 0.3 is 0 Å². The molecule has 4 aromatic rings. The Bertz CT molecular complexity index is 1110. The SMILES string of the molecule is CCCCc1nc(CC(C)C)n(Cc2ccc(Cc3ccccc3-c3nnn[nH]3)cc2)n1. The Morgan fingerprint density at radius 1 is 1.00 bits per heavy atom. The number of H-pyrrole nitrogens is 1. The lowest BCUT2D eigenvalue weighted by molar-refractivity contribution is 0.562. The maximum Gasteiger partial charge on any atom is 0.179 e. The molecule has 2 aromatic carbocycles. The lowest BCUT2D eigenvalue weighted by Gasteiger charge is -2.10. The number of aromatic amines is 1. The molecule has 2 heterocycles. The van der Waals surface area contributed by atoms with Crippen LogP contribution in [0.3, 0.4) is 0 Å². The molecule has 166 valence electrons. The van der Waals surface area contributed by atoms with Crippen LogP contribution in [-0.2, 0) is 25.8 Å². The zero-order valence-corrected chi connectivity index (χ0v) is 19.1. The monoisotopic (exact) mass is 429 g/mol. The third-order valence-corrected chi connectivity index (χ3v) is 5.50. The predicted octanol–water partition coefficient (Wildman–Crippen LogP) is 4.64. The van der Waals surface area contributed by atoms with E-state index in [0.29, 0.717) is 11.7 Å². The fourth-order valence-corrected chi connectivity index (χ4v) is 3.84. The molecule has 2 aromatic heterocycles. The predicted molar refractivity (Wildman–Crippen MR) is 125 cm³/mol. The highest BCUT2D eigenvalue weighted by Gasteiger charge is 2.13. The van der Waals surface area contributed by atoms with Gasteiger partial charge in [-0.15, -0.1) is 5.10 Å². The lowest BCUT2D eigenvalue weighted by Crippen LogP contribution is -2.09. The molecule has 1 N–H and O–H groups in total. The summed E-state index contributed by atoms with van der Waals surface area (Å²) in [6.45, 7) is 7.41. The summed E-state index contributed by atoms with van der Waals surface area (Å²) >= 11 is 0. The van der Waals surface area contributed by atoms with Crippen LogP contribution in [-0.4, -0.2) is 35.4 Å². The molecule has 0 spiro atoms. The molecule has 0 aliphatic heterocycles. The smallest absolute Gasteiger partial charge is 0.179 e. The van der Waals surface area contributed by atoms with Gasteiger partial charge in [-0.1, -0.05) is 75.7 Å². The number of unbranched alkanes of at least 4 members (excludes halogenated alkanes) is 1. The first-order chi connectivity index (χ1) is 15.6. The number of aryl methyl sites for hydroxylation is 1. The van der Waals surface area contributed by atoms with Crippen LogP contribution in [0.5, 0.6) is 0 Å². The second kappa shape index (κ2) is 10.3. The number of hydrogen-bond donors (Lipinski definition) is 1. The van der Waals surface area contributed by atoms with Gasteiger partial charge in [0.05, 0.1) is 6.54 Å². The minimum atomic E-state index is 0.555. The average Bonchev–Trinajstić information content (AvgIpc) is 3.44. The summed E-state index contributed by atoms with van der Waals surface area (Å²) in [5.41, 5.74) is 4.70. The van der Waals surface area contributed by atoms with E-state index < -0.39 is 0 Å². The Morgan fingerprint density at radius 3 is 2.50 bits per heavy atom. The molecular weight excluding hydrogens is 398 g/mol. The number of hydrogen-bond acceptors (Lipinski definition) is 5. The van der Waals surface area contributed by atoms with Crippen LogP contribution >= 0.6 is 0 Å². The van der Waals surface area contributed by atoms with Gasteiger partial charge in [-0.25, -0.2) is 14.8 Å². The summed E-state index contributed by atoms with van der Waals surface area (Å²) in [6, 6.07) is 17.0. The van der Waals surface area contributed by atoms with E-state index in [1.54, 1.807) is 0 Å². The molecule has 7 heteroatoms. The van der Waals surface area contributed by atoms with Crippen molar-refractivity contribution in [2.24, 2.45) is 5.92 Å². The number of nitrogens with zero attached hydrogens (tertiary/aromatic N) is 6. The zero-order valence-electron chi connectivity index (χ0n) is 19.1. The first-order valence-corrected chi connectivity index (χ1v) is 11.4. The van der Waals surface area contributed by atoms with E-state index in [2.05, 4.69) is 76.4 Å². The van der Waals surface area contributed by atoms with Gasteiger partial charge in [-0.2, -0.15) is 5.10 Å². The summed E-state index contributed by atoms with van der Waals surface area (Å²) in [5, 5.41) is 19.2. The van der Waals surface area contributed by atoms with Crippen molar-refractivity contribution >= 4 is 0 Å². The van der Waals surface area contributed by atoms with Gasteiger partial charge in [0.25, 0.3) is 0 Å². The van der Waals surface area contributed by atoms with E-state index in [4.69, 9.17) is 10.1 Å². The van der Waals surface area contributed by atoms with Gasteiger partial charge in [0, 0.05) is 18.4 Å². The van der Waals surface area contributed by atoms with Gasteiger partial charge in [0.2, 0.25) is 0 Å². The molecular formula is C25H31N7. The highest BCUT2D eigenvalue weighted by Crippen LogP contribution is 2.22. The van der Waals surface area contributed by atoms with Gasteiger partial charge in [-0.05, 0) is 45.9 Å². The average molecular weight is 430 g/mol. The molecule has 32 heavy (non-hydrogen) atoms. The van der Waals surface area contributed by atoms with Crippen molar-refractivity contribution in [2.75, 3.05) is 0 Å². The quantitative estimate of drug-likeness (QED) is 0.397. The zero-order chi connectivity index (χ0) is 22.3. The first-order valence-electron chi connectivity index (χ1n) is 11.4. The second-order valence-electron chi connectivity index (χ2n) is 8.70. The first kappa shape index (κ1) is 21.9. The number of tetrazole rings is 1. The highest BCUT2D eigenvalue weighted by atomic mass is 15.5. The number of benzene rings is 2. The molecule has 0 bridgehead atoms. The summed E-state index contributed by atoms with van der Waals surface area (Å²) in [7, 11) is 0. The molecule has 0 fully saturated rings. The highest BCUT2D eigenvalue weighted by molar-refractivity contribution is 5.60. The van der Waals surface area contributed by atoms with E-state index in [0.717, 1.165) is 55.9 Å². The van der Waals surface area contributed by atoms with Crippen molar-refractivity contribution in [1.29, 1.82) is 0 Å². The Hall–Kier alpha value is -3.35. The third-order valence-electron chi connectivity index (χ3n) is 5.50. The molecule has 0 saturated heterocycles. The summed E-state index contributed by atoms with van der Waals surface area (Å²) in [6.07, 6.45) is 5.01. The topological polar surface area (TPSA) is 85.2 Å². The Morgan fingerprint density at radius 2 is 1.78 bits per heavy atom. The summed E-state index contributed by atoms with van der Waals surface area (Å²) in [5.74, 6) is 3.31. The van der Waals surface area contributed by atoms with E-state index in [1.165, 1.54) is 16.7 Å². The van der Waals surface area contributed by atoms with Crippen LogP contribution in [0.1, 0.15) is 62.0 Å². The summed E-state index contributed by atoms with van der Waals surface area (Å²) in [4.78, 5) is 4.82. The van der Waals surface area contributed by atoms with E-state index in [9.17, 15) is 0 Å². The molecule has 4 rings (SSSR count). The number of aromatic nitrogens is 7. The van der Waals surface area contributed by atoms with Gasteiger partial charge in [0.1, 0.15) is 5.82 Å². The van der Waals surface area contributed by atoms with E-state index >= 15 is 0 Å². The molecule has 0 radical (unpaired) electrons. The molecule has 0 unspecified atom stereocenters. The summed E-state index contributed by atoms with van der Waals surface area (Å²) < 4.78 is 2.09. The Labute approximate surface area is 189 Å². The van der Waals surface area contributed by atoms with Crippen molar-refractivity contribution in [3.05, 3.63) is 76.9 Å². The molecule has 7 nitrogen and oxygen atoms in total. The molecule has 0 atom stereocenters. The number of nitrogens with one attached hydrogen (secondary N) is 1. The van der Waals surface area contributed by atoms with Gasteiger partial charge in [0.15, 0.2) is 11.6 Å². The van der Waals surface area contributed by atoms with E-state index in [1.807, 2.05) is 18.2 Å². The molecule has 0 amide bonds. The van der Waals surface area contributed by atoms with Crippen molar-refractivity contribution in [2.45, 2.75) is 59.4 Å². The number of rotatable bonds is 10. The second-order valence-corrected chi connectivity index (χ2v) is 8.70. The van der Waals surface area contributed by atoms with E-state index in [-0.39, 0.29) is 0 Å². The molecule has 0 aliphatic rings. The van der Waals surface area contributed by atoms with Crippen molar-refractivity contribution in [3.63, 3.8) is 0 Å². The standard InChI is InChI=1S/C25H31N7/c1-4-5-10-23-26-24(15-18(2)3)32(29-23)17-20-13-11-19(12-14-20)16-21-8-6-7-9-22(21)25-27-30-31-28-25/h6-9,11-14,18H,4-5,10,15-17H2,1-3H3,(H,27,28,30,31). The van der Waals surface area contributed by atoms with Crippen molar-refractivity contribution < 1.29 is 0 Å². The Balaban J connectivity index is 1.49. The maximum atomic E-state index is 4.82. The van der Waals surface area contributed by atoms with Crippen LogP contribution in [0, 0.1) is 5.92 Å². The molecule has 0 aliphatic carbocycles. The van der Waals surface area contributed by atoms with Crippen LogP contribution in [0.2, 0.25) is 0 Å². The van der Waals surface area contributed by atoms with Crippen LogP contribution < -0.4 is 0 Å². The third kappa shape index (κ3) is 5.46. The maximum absolute atomic E-state index is 4.82. The fourth-order valence-electron chi connectivity index (χ4n) is 3.84. The van der Waals surface area contributed by atoms with Gasteiger partial charge in [-0.3, -0.25) is 0 Å². The Kier molecular flexibility index (Phi) is 7.04. The van der Waals surface area contributed by atoms with Crippen molar-refractivity contribution in [1.82, 2.24) is 35.4 Å². The van der Waals surface area contributed by atoms with Crippen LogP contribution in [0.4, 0.5) is 0 Å². The minimum Gasteiger partial charge on any atom is -0.245 e. The largest absolute Gasteiger partial charge is 0.245 e. The fraction of sp³-hybridized carbons (Fsp3) is 0.400. The van der Waals surface area contributed by atoms with Crippen molar-refractivity contribution in [3.8, 4) is 11.4 Å². The molecule has 0 saturated carbocycles.